The Bertz CT molecular complexity index is 113. The van der Waals surface area contributed by atoms with Crippen molar-refractivity contribution in [3.8, 4) is 0 Å². The van der Waals surface area contributed by atoms with Crippen LogP contribution >= 0.6 is 0 Å². The van der Waals surface area contributed by atoms with Gasteiger partial charge >= 0.3 is 29.6 Å². The third-order valence-corrected chi connectivity index (χ3v) is 1.04. The number of hydrogen-bond donors (Lipinski definition) is 4. The molecule has 0 rings (SSSR count). The van der Waals surface area contributed by atoms with Crippen LogP contribution in [-0.4, -0.2) is 88.6 Å². The molecule has 0 fully saturated rings. The van der Waals surface area contributed by atoms with Gasteiger partial charge in [-0.05, 0) is 6.92 Å². The summed E-state index contributed by atoms with van der Waals surface area (Å²) in [5, 5.41) is 34.1. The van der Waals surface area contributed by atoms with Crippen LogP contribution in [0.25, 0.3) is 0 Å². The van der Waals surface area contributed by atoms with E-state index in [1.807, 2.05) is 6.92 Å². The van der Waals surface area contributed by atoms with E-state index in [0.717, 1.165) is 0 Å². The first-order valence-electron chi connectivity index (χ1n) is 4.34. The van der Waals surface area contributed by atoms with Gasteiger partial charge in [0.1, 0.15) is 12.2 Å². The molecule has 15 heavy (non-hydrogen) atoms. The summed E-state index contributed by atoms with van der Waals surface area (Å²) in [5.74, 6) is 0. The number of aliphatic hydroxyl groups is 4. The van der Waals surface area contributed by atoms with E-state index in [4.69, 9.17) is 25.2 Å². The Morgan fingerprint density at radius 2 is 1.40 bits per heavy atom. The number of ether oxygens (including phenoxy) is 1. The Kier molecular flexibility index (Phi) is 23.6. The second-order valence-corrected chi connectivity index (χ2v) is 2.62. The van der Waals surface area contributed by atoms with Gasteiger partial charge in [-0.25, -0.2) is 0 Å². The fourth-order valence-corrected chi connectivity index (χ4v) is 0.446. The first-order chi connectivity index (χ1) is 6.62. The topological polar surface area (TPSA) is 90.2 Å². The number of rotatable bonds is 6. The van der Waals surface area contributed by atoms with Crippen LogP contribution in [0, 0.1) is 0 Å². The Morgan fingerprint density at radius 1 is 1.13 bits per heavy atom. The molecule has 2 atom stereocenters. The second kappa shape index (κ2) is 17.0. The summed E-state index contributed by atoms with van der Waals surface area (Å²) in [7, 11) is 0. The quantitative estimate of drug-likeness (QED) is 0.322. The van der Waals surface area contributed by atoms with Gasteiger partial charge < -0.3 is 25.2 Å². The molecule has 4 N–H and O–H groups in total. The Morgan fingerprint density at radius 3 is 1.60 bits per heavy atom. The monoisotopic (exact) mass is 232 g/mol. The molecule has 0 amide bonds. The molecule has 0 spiro atoms. The number of allylic oxidation sites excluding steroid dienone is 1. The molecular weight excluding hydrogens is 211 g/mol. The van der Waals surface area contributed by atoms with Gasteiger partial charge in [0, 0.05) is 0 Å². The molecule has 0 aromatic rings. The van der Waals surface area contributed by atoms with Crippen molar-refractivity contribution in [2.75, 3.05) is 26.4 Å². The maximum atomic E-state index is 8.72. The second-order valence-electron chi connectivity index (χ2n) is 2.62. The fourth-order valence-electron chi connectivity index (χ4n) is 0.446. The molecule has 0 radical (unpaired) electrons. The third kappa shape index (κ3) is 20.6. The normalized spacial score (nSPS) is 12.9. The van der Waals surface area contributed by atoms with Gasteiger partial charge in [0.15, 0.2) is 0 Å². The van der Waals surface area contributed by atoms with Crippen molar-refractivity contribution in [1.29, 1.82) is 0 Å². The van der Waals surface area contributed by atoms with E-state index < -0.39 is 12.2 Å². The van der Waals surface area contributed by atoms with E-state index in [1.54, 1.807) is 6.08 Å². The molecule has 0 aromatic carbocycles. The van der Waals surface area contributed by atoms with Crippen LogP contribution in [0.4, 0.5) is 0 Å². The average molecular weight is 232 g/mol. The van der Waals surface area contributed by atoms with E-state index in [0.29, 0.717) is 0 Å². The molecular formula is C9H21NaO5. The van der Waals surface area contributed by atoms with Crippen LogP contribution < -0.4 is 0 Å². The van der Waals surface area contributed by atoms with Crippen LogP contribution in [0.5, 0.6) is 0 Å². The van der Waals surface area contributed by atoms with Crippen LogP contribution in [0.15, 0.2) is 12.7 Å². The van der Waals surface area contributed by atoms with Crippen molar-refractivity contribution in [2.24, 2.45) is 0 Å². The SMILES string of the molecule is C=CC.OCC(O)COCC(O)CO.[NaH]. The molecule has 0 saturated carbocycles. The van der Waals surface area contributed by atoms with E-state index in [-0.39, 0.29) is 56.0 Å². The van der Waals surface area contributed by atoms with Gasteiger partial charge in [0.05, 0.1) is 26.4 Å². The number of hydrogen-bond acceptors (Lipinski definition) is 5. The summed E-state index contributed by atoms with van der Waals surface area (Å²) in [6, 6.07) is 0. The van der Waals surface area contributed by atoms with E-state index in [1.165, 1.54) is 0 Å². The van der Waals surface area contributed by atoms with Crippen molar-refractivity contribution in [3.05, 3.63) is 12.7 Å². The molecule has 0 aliphatic carbocycles. The fraction of sp³-hybridized carbons (Fsp3) is 0.778. The standard InChI is InChI=1S/C6H14O5.C3H6.Na.H/c7-1-5(9)3-11-4-6(10)2-8;1-3-2;;/h5-10H,1-4H2;3H,1H2,2H3;;. The zero-order valence-electron chi connectivity index (χ0n) is 8.46. The first-order valence-corrected chi connectivity index (χ1v) is 4.34. The molecule has 0 saturated heterocycles. The Balaban J connectivity index is -0.000000320. The van der Waals surface area contributed by atoms with Gasteiger partial charge in [-0.15, -0.1) is 6.58 Å². The molecule has 0 heterocycles. The van der Waals surface area contributed by atoms with Crippen LogP contribution in [0.2, 0.25) is 0 Å². The zero-order valence-corrected chi connectivity index (χ0v) is 8.46. The summed E-state index contributed by atoms with van der Waals surface area (Å²) in [5.41, 5.74) is 0. The van der Waals surface area contributed by atoms with Crippen molar-refractivity contribution in [2.45, 2.75) is 19.1 Å². The summed E-state index contributed by atoms with van der Waals surface area (Å²) in [6.07, 6.45) is -0.0817. The average Bonchev–Trinajstić information content (AvgIpc) is 2.18. The van der Waals surface area contributed by atoms with E-state index >= 15 is 0 Å². The number of aliphatic hydroxyl groups excluding tert-OH is 4. The molecule has 88 valence electrons. The molecule has 0 aliphatic heterocycles. The molecule has 6 heteroatoms. The Labute approximate surface area is 113 Å². The predicted molar refractivity (Wildman–Crippen MR) is 60.0 cm³/mol. The predicted octanol–water partition coefficient (Wildman–Crippen LogP) is -1.75. The van der Waals surface area contributed by atoms with Crippen LogP contribution in [0.3, 0.4) is 0 Å². The van der Waals surface area contributed by atoms with E-state index in [2.05, 4.69) is 6.58 Å². The van der Waals surface area contributed by atoms with Gasteiger partial charge in [-0.3, -0.25) is 0 Å². The van der Waals surface area contributed by atoms with Crippen LogP contribution in [0.1, 0.15) is 6.92 Å². The summed E-state index contributed by atoms with van der Waals surface area (Å²) >= 11 is 0. The van der Waals surface area contributed by atoms with Gasteiger partial charge in [-0.2, -0.15) is 0 Å². The van der Waals surface area contributed by atoms with Crippen molar-refractivity contribution in [1.82, 2.24) is 0 Å². The van der Waals surface area contributed by atoms with Gasteiger partial charge in [0.2, 0.25) is 0 Å². The van der Waals surface area contributed by atoms with Crippen LogP contribution in [-0.2, 0) is 4.74 Å². The first kappa shape index (κ1) is 20.9. The van der Waals surface area contributed by atoms with Gasteiger partial charge in [0.25, 0.3) is 0 Å². The van der Waals surface area contributed by atoms with Crippen molar-refractivity contribution in [3.63, 3.8) is 0 Å². The van der Waals surface area contributed by atoms with Crippen molar-refractivity contribution >= 4 is 29.6 Å². The molecule has 2 unspecified atom stereocenters. The van der Waals surface area contributed by atoms with Gasteiger partial charge in [-0.1, -0.05) is 6.08 Å². The van der Waals surface area contributed by atoms with Crippen molar-refractivity contribution < 1.29 is 25.2 Å². The molecule has 0 aliphatic rings. The minimum atomic E-state index is -0.916. The maximum absolute atomic E-state index is 8.72. The molecule has 0 bridgehead atoms. The zero-order chi connectivity index (χ0) is 11.4. The Hall–Kier alpha value is 0.540. The molecule has 5 nitrogen and oxygen atoms in total. The molecule has 0 aromatic heterocycles. The summed E-state index contributed by atoms with van der Waals surface area (Å²) < 4.78 is 4.72. The minimum absolute atomic E-state index is 0. The summed E-state index contributed by atoms with van der Waals surface area (Å²) in [6.45, 7) is 4.45. The summed E-state index contributed by atoms with van der Waals surface area (Å²) in [4.78, 5) is 0. The van der Waals surface area contributed by atoms with E-state index in [9.17, 15) is 0 Å². The third-order valence-electron chi connectivity index (χ3n) is 1.04.